The Labute approximate surface area is 582 Å². The number of hydrogen-bond donors (Lipinski definition) is 3. The van der Waals surface area contributed by atoms with Crippen molar-refractivity contribution in [1.29, 1.82) is 0 Å². The molecule has 0 aromatic heterocycles. The lowest BCUT2D eigenvalue weighted by Crippen LogP contribution is -2.65. The average molecular weight is 1410 g/mol. The Balaban J connectivity index is 1.26. The minimum absolute atomic E-state index is 0.00720. The van der Waals surface area contributed by atoms with Crippen molar-refractivity contribution in [3.63, 3.8) is 0 Å². The van der Waals surface area contributed by atoms with Crippen LogP contribution in [-0.2, 0) is 57.5 Å². The molecule has 0 aromatic carbocycles. The van der Waals surface area contributed by atoms with Gasteiger partial charge in [0.25, 0.3) is 0 Å². The number of nitrogens with zero attached hydrogens (tertiary/aromatic N) is 9. The van der Waals surface area contributed by atoms with E-state index in [1.807, 2.05) is 6.92 Å². The molecule has 1 spiro atoms. The Bertz CT molecular complexity index is 2870. The molecule has 3 saturated carbocycles. The van der Waals surface area contributed by atoms with Gasteiger partial charge in [0.05, 0.1) is 25.4 Å². The second-order valence-corrected chi connectivity index (χ2v) is 30.5. The minimum Gasteiger partial charge on any atom is -0.343 e. The van der Waals surface area contributed by atoms with Crippen molar-refractivity contribution in [3.8, 4) is 0 Å². The molecule has 4 heterocycles. The van der Waals surface area contributed by atoms with Gasteiger partial charge in [-0.1, -0.05) is 79.1 Å². The van der Waals surface area contributed by atoms with Crippen molar-refractivity contribution in [2.75, 3.05) is 81.6 Å². The third-order valence-electron chi connectivity index (χ3n) is 22.8. The molecule has 0 bridgehead atoms. The SMILES string of the molecule is CC[C@H](C)[C@@H]1NC(=O)[C@H](C)N(C)C(=O)C[C@@H](C(=O)N2CCCCC2)N(C)C(=O)[C@H](C(C)C)N(C)C(=O)C2(CCCC2)NC(=O)[C@@H]2CCCN2C(=O)[C@H](CCC2CCC(C(F)(F)F)C(Cl)C2)NC(=O)[C@H]2CCCCN2C(=O)[C@H](CC2CCCCC2)N(C)C(=O)CN(C)C(=O)CN(C)C1=O. The van der Waals surface area contributed by atoms with Crippen LogP contribution < -0.4 is 16.0 Å². The molecule has 98 heavy (non-hydrogen) atoms. The number of alkyl halides is 4. The fourth-order valence-electron chi connectivity index (χ4n) is 16.1. The standard InChI is InChI=1S/C70H112ClF3N12O12/c1-12-44(4)58-66(96)79(7)41-56(88)78(6)42-57(89)81(9)53(39-46-24-15-13-16-25-46)65(95)86-36-22-17-26-51(86)61(91)75-50(31-29-47-28-30-48(49(71)38-47)70(72,73)74)63(93)85-37-23-27-52(85)62(92)77-69(32-18-19-33-69)68(98)83(11)59(43(2)3)67(97)82(10)54(64(94)84-34-20-14-21-35-84)40-55(87)80(8)45(5)60(90)76-58/h43-54,58-59H,12-42H2,1-11H3,(H,75,91)(H,76,90)(H,77,92)/t44-,45-,47?,48?,49?,50-,51+,52-,53-,54-,58-,59-/m0/s1. The Hall–Kier alpha value is -6.28. The van der Waals surface area contributed by atoms with Gasteiger partial charge >= 0.3 is 6.18 Å². The first-order chi connectivity index (χ1) is 46.2. The molecule has 3 unspecified atom stereocenters. The molecule has 4 aliphatic heterocycles. The van der Waals surface area contributed by atoms with Gasteiger partial charge in [-0.05, 0) is 133 Å². The van der Waals surface area contributed by atoms with Gasteiger partial charge in [-0.15, -0.1) is 11.6 Å². The Morgan fingerprint density at radius 3 is 1.79 bits per heavy atom. The fourth-order valence-corrected chi connectivity index (χ4v) is 16.6. The first-order valence-corrected chi connectivity index (χ1v) is 36.7. The van der Waals surface area contributed by atoms with E-state index in [4.69, 9.17) is 11.6 Å². The molecule has 24 nitrogen and oxygen atoms in total. The molecule has 28 heteroatoms. The maximum absolute atomic E-state index is 15.4. The number of amides is 12. The van der Waals surface area contributed by atoms with Gasteiger partial charge in [-0.3, -0.25) is 57.5 Å². The molecule has 3 N–H and O–H groups in total. The number of halogens is 4. The van der Waals surface area contributed by atoms with Crippen LogP contribution in [0.15, 0.2) is 0 Å². The summed E-state index contributed by atoms with van der Waals surface area (Å²) < 4.78 is 42.2. The molecule has 3 aliphatic carbocycles. The molecule has 4 saturated heterocycles. The third kappa shape index (κ3) is 19.0. The number of carbonyl (C=O) groups excluding carboxylic acids is 12. The van der Waals surface area contributed by atoms with E-state index in [9.17, 15) is 41.9 Å². The number of nitrogens with one attached hydrogen (secondary N) is 3. The number of hydrogen-bond acceptors (Lipinski definition) is 12. The molecule has 552 valence electrons. The number of carbonyl (C=O) groups is 12. The van der Waals surface area contributed by atoms with Crippen molar-refractivity contribution in [2.24, 2.45) is 29.6 Å². The highest BCUT2D eigenvalue weighted by Gasteiger charge is 2.52. The van der Waals surface area contributed by atoms with Crippen molar-refractivity contribution >= 4 is 82.5 Å². The number of rotatable bonds is 9. The van der Waals surface area contributed by atoms with Gasteiger partial charge in [0.2, 0.25) is 70.9 Å². The van der Waals surface area contributed by atoms with E-state index in [1.54, 1.807) is 25.7 Å². The summed E-state index contributed by atoms with van der Waals surface area (Å²) in [6.45, 7) is 8.46. The normalized spacial score (nSPS) is 30.8. The van der Waals surface area contributed by atoms with Gasteiger partial charge in [0.15, 0.2) is 0 Å². The van der Waals surface area contributed by atoms with Gasteiger partial charge in [0, 0.05) is 73.8 Å². The number of fused-ring (bicyclic) bond motifs is 2. The smallest absolute Gasteiger partial charge is 0.343 e. The maximum atomic E-state index is 15.4. The first-order valence-electron chi connectivity index (χ1n) is 36.3. The second-order valence-electron chi connectivity index (χ2n) is 29.9. The summed E-state index contributed by atoms with van der Waals surface area (Å²) in [5.74, 6) is -10.5. The zero-order valence-corrected chi connectivity index (χ0v) is 60.7. The van der Waals surface area contributed by atoms with E-state index < -0.39 is 174 Å². The zero-order chi connectivity index (χ0) is 72.2. The number of likely N-dealkylation sites (tertiary alicyclic amines) is 1. The van der Waals surface area contributed by atoms with E-state index >= 15 is 28.8 Å². The molecule has 12 atom stereocenters. The van der Waals surface area contributed by atoms with E-state index in [0.29, 0.717) is 64.5 Å². The van der Waals surface area contributed by atoms with Crippen LogP contribution in [0.5, 0.6) is 0 Å². The predicted molar refractivity (Wildman–Crippen MR) is 361 cm³/mol. The van der Waals surface area contributed by atoms with Crippen molar-refractivity contribution in [2.45, 2.75) is 261 Å². The van der Waals surface area contributed by atoms with Crippen molar-refractivity contribution in [3.05, 3.63) is 0 Å². The maximum Gasteiger partial charge on any atom is 0.393 e. The Morgan fingerprint density at radius 1 is 0.582 bits per heavy atom. The minimum atomic E-state index is -4.51. The molecular weight excluding hydrogens is 1290 g/mol. The van der Waals surface area contributed by atoms with Crippen LogP contribution in [0.2, 0.25) is 0 Å². The Kier molecular flexibility index (Phi) is 28.1. The van der Waals surface area contributed by atoms with Crippen LogP contribution >= 0.6 is 11.6 Å². The molecule has 0 aromatic rings. The van der Waals surface area contributed by atoms with Crippen LogP contribution in [0.4, 0.5) is 13.2 Å². The molecule has 7 fully saturated rings. The fraction of sp³-hybridized carbons (Fsp3) is 0.829. The number of likely N-dealkylation sites (N-methyl/N-ethyl adjacent to an activating group) is 6. The first kappa shape index (κ1) is 79.1. The topological polar surface area (TPSA) is 270 Å². The van der Waals surface area contributed by atoms with Crippen LogP contribution in [0, 0.1) is 29.6 Å². The summed E-state index contributed by atoms with van der Waals surface area (Å²) in [6.07, 6.45) is 5.56. The van der Waals surface area contributed by atoms with E-state index in [2.05, 4.69) is 16.0 Å². The van der Waals surface area contributed by atoms with Gasteiger partial charge in [-0.2, -0.15) is 13.2 Å². The number of piperidine rings is 2. The predicted octanol–water partition coefficient (Wildman–Crippen LogP) is 5.46. The summed E-state index contributed by atoms with van der Waals surface area (Å²) in [5, 5.41) is 7.64. The summed E-state index contributed by atoms with van der Waals surface area (Å²) in [6, 6.07) is -9.74. The highest BCUT2D eigenvalue weighted by molar-refractivity contribution is 6.21. The third-order valence-corrected chi connectivity index (χ3v) is 23.3. The quantitative estimate of drug-likeness (QED) is 0.243. The molecular formula is C70H112ClF3N12O12. The molecule has 7 aliphatic rings. The largest absolute Gasteiger partial charge is 0.393 e. The van der Waals surface area contributed by atoms with Crippen molar-refractivity contribution in [1.82, 2.24) is 60.0 Å². The van der Waals surface area contributed by atoms with E-state index in [-0.39, 0.29) is 89.1 Å². The van der Waals surface area contributed by atoms with Crippen LogP contribution in [0.3, 0.4) is 0 Å². The van der Waals surface area contributed by atoms with Crippen molar-refractivity contribution < 1.29 is 70.7 Å². The summed E-state index contributed by atoms with van der Waals surface area (Å²) >= 11 is 6.44. The highest BCUT2D eigenvalue weighted by Crippen LogP contribution is 2.44. The summed E-state index contributed by atoms with van der Waals surface area (Å²) in [5.41, 5.74) is -1.56. The van der Waals surface area contributed by atoms with E-state index in [1.165, 1.54) is 73.7 Å². The lowest BCUT2D eigenvalue weighted by molar-refractivity contribution is -0.182. The Morgan fingerprint density at radius 2 is 1.16 bits per heavy atom. The zero-order valence-electron chi connectivity index (χ0n) is 59.9. The van der Waals surface area contributed by atoms with Crippen LogP contribution in [0.1, 0.15) is 195 Å². The molecule has 7 rings (SSSR count). The molecule has 0 radical (unpaired) electrons. The van der Waals surface area contributed by atoms with Gasteiger partial charge in [-0.25, -0.2) is 0 Å². The average Bonchev–Trinajstić information content (AvgIpc) is 1.21. The summed E-state index contributed by atoms with van der Waals surface area (Å²) in [4.78, 5) is 190. The van der Waals surface area contributed by atoms with Crippen LogP contribution in [-0.4, -0.2) is 262 Å². The van der Waals surface area contributed by atoms with Crippen LogP contribution in [0.25, 0.3) is 0 Å². The molecule has 12 amide bonds. The monoisotopic (exact) mass is 1400 g/mol. The lowest BCUT2D eigenvalue weighted by atomic mass is 9.78. The summed E-state index contributed by atoms with van der Waals surface area (Å²) in [7, 11) is 8.53. The lowest BCUT2D eigenvalue weighted by Gasteiger charge is -2.42. The van der Waals surface area contributed by atoms with E-state index in [0.717, 1.165) is 53.2 Å². The van der Waals surface area contributed by atoms with Gasteiger partial charge < -0.3 is 60.0 Å². The van der Waals surface area contributed by atoms with Gasteiger partial charge in [0.1, 0.15) is 53.9 Å². The highest BCUT2D eigenvalue weighted by atomic mass is 35.5. The second kappa shape index (κ2) is 34.9.